The Hall–Kier alpha value is -2.00. The second-order valence-electron chi connectivity index (χ2n) is 7.47. The lowest BCUT2D eigenvalue weighted by atomic mass is 9.87. The van der Waals surface area contributed by atoms with Gasteiger partial charge in [-0.2, -0.15) is 0 Å². The van der Waals surface area contributed by atoms with Gasteiger partial charge in [0, 0.05) is 19.1 Å². The molecule has 0 bridgehead atoms. The van der Waals surface area contributed by atoms with Crippen molar-refractivity contribution in [2.75, 3.05) is 13.2 Å². The highest BCUT2D eigenvalue weighted by Crippen LogP contribution is 2.53. The van der Waals surface area contributed by atoms with E-state index in [1.165, 1.54) is 22.7 Å². The second kappa shape index (κ2) is 7.44. The van der Waals surface area contributed by atoms with Crippen molar-refractivity contribution in [2.45, 2.75) is 42.2 Å². The highest BCUT2D eigenvalue weighted by molar-refractivity contribution is 7.95. The molecule has 0 saturated carbocycles. The summed E-state index contributed by atoms with van der Waals surface area (Å²) < 4.78 is 34.4. The Morgan fingerprint density at radius 3 is 2.71 bits per heavy atom. The fraction of sp³-hybridized carbons (Fsp3) is 0.450. The smallest absolute Gasteiger partial charge is 0.245 e. The summed E-state index contributed by atoms with van der Waals surface area (Å²) in [6, 6.07) is 10.8. The van der Waals surface area contributed by atoms with Crippen LogP contribution in [0.15, 0.2) is 58.0 Å². The highest BCUT2D eigenvalue weighted by Gasteiger charge is 2.64. The minimum absolute atomic E-state index is 0.126. The zero-order chi connectivity index (χ0) is 19.8. The molecule has 2 aromatic rings. The number of benzene rings is 1. The van der Waals surface area contributed by atoms with Crippen molar-refractivity contribution >= 4 is 16.3 Å². The third-order valence-electron chi connectivity index (χ3n) is 5.82. The van der Waals surface area contributed by atoms with Gasteiger partial charge >= 0.3 is 0 Å². The van der Waals surface area contributed by atoms with Crippen LogP contribution < -0.4 is 5.32 Å². The van der Waals surface area contributed by atoms with Crippen LogP contribution in [0.1, 0.15) is 37.5 Å². The molecular formula is C20H24N2O5S. The zero-order valence-corrected chi connectivity index (χ0v) is 16.3. The normalized spacial score (nSPS) is 30.7. The van der Waals surface area contributed by atoms with Gasteiger partial charge in [-0.15, -0.1) is 0 Å². The third-order valence-corrected chi connectivity index (χ3v) is 7.78. The number of carbonyl (C=O) groups excluding carboxylic acids is 1. The largest absolute Gasteiger partial charge is 0.593 e. The molecule has 1 spiro atoms. The number of amides is 1. The standard InChI is InChI=1S/C20H24N2O5S/c23-14-15-13-20(10-4-5-11-21-19(20)24)22(18(15)17-9-6-12-27-17)28(25,26)16-7-2-1-3-8-16/h1-3,6-9,12,15,18,23H,4-5,10-11,13-14H2,(H-,21,24,25,26)/t15-,18-,20+/m1/s1. The van der Waals surface area contributed by atoms with Gasteiger partial charge in [0.1, 0.15) is 17.3 Å². The first-order valence-corrected chi connectivity index (χ1v) is 11.0. The number of aliphatic hydroxyl groups is 1. The summed E-state index contributed by atoms with van der Waals surface area (Å²) >= 11 is 0. The fourth-order valence-electron chi connectivity index (χ4n) is 4.58. The van der Waals surface area contributed by atoms with Crippen LogP contribution in [0, 0.1) is 5.92 Å². The molecule has 2 aliphatic rings. The molecule has 0 radical (unpaired) electrons. The minimum Gasteiger partial charge on any atom is -0.593 e. The minimum atomic E-state index is -4.01. The molecule has 150 valence electrons. The van der Waals surface area contributed by atoms with Crippen molar-refractivity contribution in [3.05, 3.63) is 54.5 Å². The summed E-state index contributed by atoms with van der Waals surface area (Å²) in [5.74, 6) is -0.294. The van der Waals surface area contributed by atoms with Gasteiger partial charge in [0.25, 0.3) is 0 Å². The summed E-state index contributed by atoms with van der Waals surface area (Å²) in [7, 11) is -4.01. The van der Waals surface area contributed by atoms with E-state index < -0.39 is 27.9 Å². The Bertz CT molecular complexity index is 872. The van der Waals surface area contributed by atoms with Gasteiger partial charge < -0.3 is 19.4 Å². The number of hydrogen-bond donors (Lipinski definition) is 2. The van der Waals surface area contributed by atoms with Crippen LogP contribution in [0.3, 0.4) is 0 Å². The van der Waals surface area contributed by atoms with Crippen molar-refractivity contribution in [3.8, 4) is 0 Å². The van der Waals surface area contributed by atoms with Crippen molar-refractivity contribution in [3.63, 3.8) is 0 Å². The van der Waals surface area contributed by atoms with Crippen molar-refractivity contribution in [1.82, 2.24) is 9.62 Å². The Labute approximate surface area is 165 Å². The first-order chi connectivity index (χ1) is 13.5. The van der Waals surface area contributed by atoms with Crippen molar-refractivity contribution in [1.29, 1.82) is 0 Å². The van der Waals surface area contributed by atoms with Gasteiger partial charge in [-0.05, 0) is 49.9 Å². The van der Waals surface area contributed by atoms with E-state index in [4.69, 9.17) is 4.42 Å². The van der Waals surface area contributed by atoms with Gasteiger partial charge in [0.05, 0.1) is 6.26 Å². The molecule has 28 heavy (non-hydrogen) atoms. The van der Waals surface area contributed by atoms with E-state index in [0.717, 1.165) is 12.8 Å². The van der Waals surface area contributed by atoms with E-state index >= 15 is 0 Å². The number of carbonyl (C=O) groups is 1. The van der Waals surface area contributed by atoms with Crippen molar-refractivity contribution < 1.29 is 23.1 Å². The van der Waals surface area contributed by atoms with Crippen LogP contribution in [-0.4, -0.2) is 38.6 Å². The topological polar surface area (TPSA) is 106 Å². The molecule has 4 rings (SSSR count). The zero-order valence-electron chi connectivity index (χ0n) is 15.5. The first-order valence-electron chi connectivity index (χ1n) is 9.53. The number of sulfonamides is 1. The number of nitrogens with one attached hydrogen (secondary N) is 1. The summed E-state index contributed by atoms with van der Waals surface area (Å²) in [6.45, 7) is 0.288. The molecule has 1 aromatic carbocycles. The van der Waals surface area contributed by atoms with E-state index in [0.29, 0.717) is 18.7 Å². The average Bonchev–Trinajstić information content (AvgIpc) is 3.30. The van der Waals surface area contributed by atoms with E-state index in [1.807, 2.05) is 0 Å². The molecule has 4 atom stereocenters. The van der Waals surface area contributed by atoms with Gasteiger partial charge in [0.15, 0.2) is 15.3 Å². The fourth-order valence-corrected chi connectivity index (χ4v) is 6.59. The van der Waals surface area contributed by atoms with Crippen LogP contribution in [0.5, 0.6) is 0 Å². The lowest BCUT2D eigenvalue weighted by Gasteiger charge is -2.39. The lowest BCUT2D eigenvalue weighted by Crippen LogP contribution is -2.58. The Morgan fingerprint density at radius 2 is 2.04 bits per heavy atom. The summed E-state index contributed by atoms with van der Waals surface area (Å²) in [4.78, 5) is 13.3. The molecule has 2 fully saturated rings. The van der Waals surface area contributed by atoms with Crippen LogP contribution in [0.25, 0.3) is 0 Å². The van der Waals surface area contributed by atoms with Crippen LogP contribution in [0.4, 0.5) is 0 Å². The Kier molecular flexibility index (Phi) is 5.13. The molecule has 0 aliphatic carbocycles. The maximum absolute atomic E-state index is 13.8. The quantitative estimate of drug-likeness (QED) is 0.761. The van der Waals surface area contributed by atoms with E-state index in [-0.39, 0.29) is 23.8 Å². The van der Waals surface area contributed by atoms with Gasteiger partial charge in [-0.3, -0.25) is 4.79 Å². The first kappa shape index (κ1) is 19.3. The number of aliphatic hydroxyl groups excluding tert-OH is 1. The average molecular weight is 404 g/mol. The highest BCUT2D eigenvalue weighted by atomic mass is 32.3. The predicted molar refractivity (Wildman–Crippen MR) is 102 cm³/mol. The van der Waals surface area contributed by atoms with Crippen LogP contribution in [0.2, 0.25) is 0 Å². The molecule has 2 aliphatic heterocycles. The maximum Gasteiger partial charge on any atom is 0.245 e. The lowest BCUT2D eigenvalue weighted by molar-refractivity contribution is -0.130. The number of furan rings is 1. The van der Waals surface area contributed by atoms with Gasteiger partial charge in [0.2, 0.25) is 5.91 Å². The summed E-state index contributed by atoms with van der Waals surface area (Å²) in [5.41, 5.74) is -1.24. The number of nitrogens with zero attached hydrogens (tertiary/aromatic N) is 1. The molecule has 1 aromatic heterocycles. The molecule has 7 nitrogen and oxygen atoms in total. The Balaban J connectivity index is 1.91. The molecule has 1 amide bonds. The summed E-state index contributed by atoms with van der Waals surface area (Å²) in [6.07, 6.45) is 3.67. The van der Waals surface area contributed by atoms with Crippen LogP contribution >= 0.6 is 0 Å². The van der Waals surface area contributed by atoms with E-state index in [1.54, 1.807) is 30.3 Å². The van der Waals surface area contributed by atoms with E-state index in [9.17, 15) is 18.7 Å². The van der Waals surface area contributed by atoms with E-state index in [2.05, 4.69) is 5.32 Å². The van der Waals surface area contributed by atoms with Gasteiger partial charge in [-0.25, -0.2) is 0 Å². The Morgan fingerprint density at radius 1 is 1.25 bits per heavy atom. The SMILES string of the molecule is O=C1NCCCC[C@]12C[C@H](CO)[C@H](c1ccco1)N2[S+](=O)([O-])c1ccccc1. The number of rotatable bonds is 4. The van der Waals surface area contributed by atoms with Gasteiger partial charge in [-0.1, -0.05) is 26.7 Å². The second-order valence-corrected chi connectivity index (χ2v) is 9.28. The van der Waals surface area contributed by atoms with Crippen molar-refractivity contribution in [2.24, 2.45) is 5.92 Å². The molecule has 2 saturated heterocycles. The molecule has 2 N–H and O–H groups in total. The maximum atomic E-state index is 13.8. The van der Waals surface area contributed by atoms with Crippen LogP contribution in [-0.2, 0) is 19.4 Å². The predicted octanol–water partition coefficient (Wildman–Crippen LogP) is 2.28. The third kappa shape index (κ3) is 3.00. The molecule has 8 heteroatoms. The molecule has 3 heterocycles. The number of hydrogen-bond acceptors (Lipinski definition) is 5. The molecular weight excluding hydrogens is 380 g/mol. The molecule has 1 unspecified atom stereocenters. The summed E-state index contributed by atoms with van der Waals surface area (Å²) in [5, 5.41) is 12.9. The monoisotopic (exact) mass is 404 g/mol.